The molecule has 0 bridgehead atoms. The van der Waals surface area contributed by atoms with Crippen LogP contribution in [-0.2, 0) is 19.7 Å². The molecule has 0 aliphatic rings. The van der Waals surface area contributed by atoms with E-state index in [-0.39, 0.29) is 18.2 Å². The smallest absolute Gasteiger partial charge is 0.166 e. The van der Waals surface area contributed by atoms with Crippen molar-refractivity contribution in [3.63, 3.8) is 0 Å². The van der Waals surface area contributed by atoms with E-state index in [0.29, 0.717) is 24.7 Å². The second-order valence-electron chi connectivity index (χ2n) is 5.55. The van der Waals surface area contributed by atoms with Gasteiger partial charge in [0.15, 0.2) is 11.5 Å². The standard InChI is InChI=1S/C20H20FNO2S.ClH/c1-23-19-6-2-4-16(12-22-13-18-5-3-11-25-18)20(19)24-14-15-7-9-17(21)10-8-15;/h2-11,22H,12-14H2,1H3;1H/p-1. The predicted octanol–water partition coefficient (Wildman–Crippen LogP) is 1.77. The summed E-state index contributed by atoms with van der Waals surface area (Å²) in [4.78, 5) is 1.29. The number of halogens is 2. The van der Waals surface area contributed by atoms with E-state index in [1.165, 1.54) is 17.0 Å². The number of benzene rings is 2. The monoisotopic (exact) mass is 392 g/mol. The molecular formula is C20H20ClFNO2S-. The quantitative estimate of drug-likeness (QED) is 0.633. The summed E-state index contributed by atoms with van der Waals surface area (Å²) in [7, 11) is 1.63. The molecule has 1 aromatic heterocycles. The Balaban J connectivity index is 0.00000243. The van der Waals surface area contributed by atoms with Crippen LogP contribution >= 0.6 is 11.3 Å². The number of hydrogen-bond acceptors (Lipinski definition) is 4. The molecule has 3 nitrogen and oxygen atoms in total. The van der Waals surface area contributed by atoms with Crippen molar-refractivity contribution < 1.29 is 26.3 Å². The fourth-order valence-corrected chi connectivity index (χ4v) is 3.17. The van der Waals surface area contributed by atoms with Gasteiger partial charge in [-0.3, -0.25) is 0 Å². The van der Waals surface area contributed by atoms with Crippen molar-refractivity contribution in [1.29, 1.82) is 0 Å². The lowest BCUT2D eigenvalue weighted by Crippen LogP contribution is -3.00. The summed E-state index contributed by atoms with van der Waals surface area (Å²) in [6, 6.07) is 16.3. The molecule has 0 spiro atoms. The Morgan fingerprint density at radius 1 is 1.00 bits per heavy atom. The summed E-state index contributed by atoms with van der Waals surface area (Å²) >= 11 is 1.73. The highest BCUT2D eigenvalue weighted by molar-refractivity contribution is 7.09. The Hall–Kier alpha value is -2.08. The second-order valence-corrected chi connectivity index (χ2v) is 6.58. The van der Waals surface area contributed by atoms with E-state index in [0.717, 1.165) is 17.7 Å². The number of methoxy groups -OCH3 is 1. The molecule has 138 valence electrons. The normalized spacial score (nSPS) is 10.2. The summed E-state index contributed by atoms with van der Waals surface area (Å²) in [5.74, 6) is 1.16. The van der Waals surface area contributed by atoms with Crippen LogP contribution in [0.2, 0.25) is 0 Å². The molecular weight excluding hydrogens is 373 g/mol. The molecule has 0 amide bonds. The van der Waals surface area contributed by atoms with Crippen molar-refractivity contribution in [3.05, 3.63) is 81.8 Å². The predicted molar refractivity (Wildman–Crippen MR) is 98.6 cm³/mol. The lowest BCUT2D eigenvalue weighted by Gasteiger charge is -2.15. The van der Waals surface area contributed by atoms with E-state index in [9.17, 15) is 4.39 Å². The van der Waals surface area contributed by atoms with Crippen LogP contribution in [0.3, 0.4) is 0 Å². The van der Waals surface area contributed by atoms with Crippen molar-refractivity contribution >= 4 is 11.3 Å². The molecule has 0 fully saturated rings. The Labute approximate surface area is 163 Å². The van der Waals surface area contributed by atoms with Crippen molar-refractivity contribution in [3.8, 4) is 11.5 Å². The van der Waals surface area contributed by atoms with Gasteiger partial charge in [-0.05, 0) is 35.2 Å². The van der Waals surface area contributed by atoms with Crippen molar-refractivity contribution in [2.75, 3.05) is 7.11 Å². The van der Waals surface area contributed by atoms with Gasteiger partial charge in [-0.2, -0.15) is 0 Å². The van der Waals surface area contributed by atoms with Crippen molar-refractivity contribution in [2.45, 2.75) is 19.7 Å². The fraction of sp³-hybridized carbons (Fsp3) is 0.200. The zero-order valence-corrected chi connectivity index (χ0v) is 15.9. The minimum absolute atomic E-state index is 0. The van der Waals surface area contributed by atoms with Gasteiger partial charge in [0.25, 0.3) is 0 Å². The average molecular weight is 393 g/mol. The first-order valence-corrected chi connectivity index (χ1v) is 8.90. The van der Waals surface area contributed by atoms with Crippen molar-refractivity contribution in [1.82, 2.24) is 5.32 Å². The Bertz CT molecular complexity index is 794. The summed E-state index contributed by atoms with van der Waals surface area (Å²) in [5, 5.41) is 5.50. The highest BCUT2D eigenvalue weighted by Gasteiger charge is 2.11. The summed E-state index contributed by atoms with van der Waals surface area (Å²) < 4.78 is 24.4. The molecule has 26 heavy (non-hydrogen) atoms. The van der Waals surface area contributed by atoms with Gasteiger partial charge < -0.3 is 27.2 Å². The minimum Gasteiger partial charge on any atom is -1.00 e. The molecule has 2 aromatic carbocycles. The molecule has 3 rings (SSSR count). The molecule has 0 saturated carbocycles. The zero-order valence-electron chi connectivity index (χ0n) is 14.4. The number of hydrogen-bond donors (Lipinski definition) is 1. The van der Waals surface area contributed by atoms with Gasteiger partial charge in [0, 0.05) is 23.5 Å². The van der Waals surface area contributed by atoms with E-state index < -0.39 is 0 Å². The first-order chi connectivity index (χ1) is 12.3. The second kappa shape index (κ2) is 10.2. The first-order valence-electron chi connectivity index (χ1n) is 8.02. The number of rotatable bonds is 8. The third-order valence-corrected chi connectivity index (χ3v) is 4.65. The Morgan fingerprint density at radius 2 is 1.81 bits per heavy atom. The Kier molecular flexibility index (Phi) is 7.91. The van der Waals surface area contributed by atoms with Crippen LogP contribution in [-0.4, -0.2) is 7.11 Å². The number of thiophene rings is 1. The van der Waals surface area contributed by atoms with E-state index in [1.807, 2.05) is 24.3 Å². The lowest BCUT2D eigenvalue weighted by atomic mass is 10.1. The maximum absolute atomic E-state index is 13.0. The van der Waals surface area contributed by atoms with Crippen LogP contribution in [0.4, 0.5) is 4.39 Å². The van der Waals surface area contributed by atoms with E-state index >= 15 is 0 Å². The lowest BCUT2D eigenvalue weighted by molar-refractivity contribution is -0.00000613. The summed E-state index contributed by atoms with van der Waals surface area (Å²) in [6.45, 7) is 1.85. The number of para-hydroxylation sites is 1. The zero-order chi connectivity index (χ0) is 17.5. The molecule has 0 atom stereocenters. The number of nitrogens with one attached hydrogen (secondary N) is 1. The van der Waals surface area contributed by atoms with Crippen LogP contribution in [0.1, 0.15) is 16.0 Å². The Morgan fingerprint density at radius 3 is 2.50 bits per heavy atom. The van der Waals surface area contributed by atoms with Crippen LogP contribution in [0.25, 0.3) is 0 Å². The summed E-state index contributed by atoms with van der Waals surface area (Å²) in [6.07, 6.45) is 0. The van der Waals surface area contributed by atoms with Crippen LogP contribution in [0.5, 0.6) is 11.5 Å². The molecule has 0 aliphatic carbocycles. The average Bonchev–Trinajstić information content (AvgIpc) is 3.15. The minimum atomic E-state index is -0.250. The molecule has 0 radical (unpaired) electrons. The first kappa shape index (κ1) is 20.2. The van der Waals surface area contributed by atoms with E-state index in [2.05, 4.69) is 16.8 Å². The van der Waals surface area contributed by atoms with Crippen LogP contribution in [0, 0.1) is 5.82 Å². The van der Waals surface area contributed by atoms with Gasteiger partial charge in [-0.25, -0.2) is 4.39 Å². The molecule has 0 unspecified atom stereocenters. The largest absolute Gasteiger partial charge is 1.00 e. The van der Waals surface area contributed by atoms with Gasteiger partial charge in [0.2, 0.25) is 0 Å². The third kappa shape index (κ3) is 5.46. The van der Waals surface area contributed by atoms with Gasteiger partial charge in [0.05, 0.1) is 7.11 Å². The topological polar surface area (TPSA) is 30.5 Å². The summed E-state index contributed by atoms with van der Waals surface area (Å²) in [5.41, 5.74) is 1.93. The highest BCUT2D eigenvalue weighted by atomic mass is 35.5. The molecule has 0 saturated heterocycles. The molecule has 1 N–H and O–H groups in total. The van der Waals surface area contributed by atoms with Crippen LogP contribution in [0.15, 0.2) is 60.0 Å². The van der Waals surface area contributed by atoms with Gasteiger partial charge in [0.1, 0.15) is 12.4 Å². The molecule has 6 heteroatoms. The molecule has 1 heterocycles. The molecule has 3 aromatic rings. The van der Waals surface area contributed by atoms with Gasteiger partial charge in [-0.15, -0.1) is 11.3 Å². The van der Waals surface area contributed by atoms with E-state index in [1.54, 1.807) is 30.6 Å². The maximum Gasteiger partial charge on any atom is 0.166 e. The highest BCUT2D eigenvalue weighted by Crippen LogP contribution is 2.32. The van der Waals surface area contributed by atoms with Crippen LogP contribution < -0.4 is 27.2 Å². The SMILES string of the molecule is COc1cccc(CNCc2cccs2)c1OCc1ccc(F)cc1.[Cl-]. The van der Waals surface area contributed by atoms with E-state index in [4.69, 9.17) is 9.47 Å². The fourth-order valence-electron chi connectivity index (χ4n) is 2.49. The van der Waals surface area contributed by atoms with Gasteiger partial charge in [-0.1, -0.05) is 30.3 Å². The van der Waals surface area contributed by atoms with Gasteiger partial charge >= 0.3 is 0 Å². The number of ether oxygens (including phenoxy) is 2. The van der Waals surface area contributed by atoms with Crippen molar-refractivity contribution in [2.24, 2.45) is 0 Å². The maximum atomic E-state index is 13.0. The molecule has 0 aliphatic heterocycles. The third-order valence-electron chi connectivity index (χ3n) is 3.77.